The second-order valence-electron chi connectivity index (χ2n) is 6.62. The van der Waals surface area contributed by atoms with Crippen molar-refractivity contribution in [3.05, 3.63) is 68.2 Å². The lowest BCUT2D eigenvalue weighted by molar-refractivity contribution is -0.136. The summed E-state index contributed by atoms with van der Waals surface area (Å²) in [6.45, 7) is 5.42. The lowest BCUT2D eigenvalue weighted by atomic mass is 10.2. The van der Waals surface area contributed by atoms with E-state index < -0.39 is 11.8 Å². The van der Waals surface area contributed by atoms with Gasteiger partial charge < -0.3 is 10.6 Å². The molecule has 10 heteroatoms. The van der Waals surface area contributed by atoms with Crippen LogP contribution < -0.4 is 16.2 Å². The second-order valence-corrected chi connectivity index (χ2v) is 7.03. The van der Waals surface area contributed by atoms with Crippen molar-refractivity contribution in [3.63, 3.8) is 0 Å². The fourth-order valence-electron chi connectivity index (χ4n) is 2.93. The van der Waals surface area contributed by atoms with Crippen LogP contribution in [-0.2, 0) is 22.6 Å². The summed E-state index contributed by atoms with van der Waals surface area (Å²) in [6.07, 6.45) is 0.543. The predicted molar refractivity (Wildman–Crippen MR) is 113 cm³/mol. The summed E-state index contributed by atoms with van der Waals surface area (Å²) in [6, 6.07) is 8.58. The third-order valence-electron chi connectivity index (χ3n) is 4.44. The van der Waals surface area contributed by atoms with Gasteiger partial charge in [-0.05, 0) is 31.9 Å². The molecule has 30 heavy (non-hydrogen) atoms. The largest absolute Gasteiger partial charge is 0.344 e. The molecule has 0 radical (unpaired) electrons. The Kier molecular flexibility index (Phi) is 6.31. The third kappa shape index (κ3) is 4.57. The zero-order chi connectivity index (χ0) is 21.8. The minimum Gasteiger partial charge on any atom is -0.344 e. The van der Waals surface area contributed by atoms with Crippen molar-refractivity contribution in [1.29, 1.82) is 0 Å². The maximum Gasteiger partial charge on any atom is 0.314 e. The van der Waals surface area contributed by atoms with Gasteiger partial charge in [-0.3, -0.25) is 19.4 Å². The number of rotatable bonds is 5. The molecular weight excluding hydrogens is 408 g/mol. The van der Waals surface area contributed by atoms with Crippen LogP contribution in [0.15, 0.2) is 35.1 Å². The summed E-state index contributed by atoms with van der Waals surface area (Å²) >= 11 is 6.06. The highest BCUT2D eigenvalue weighted by Gasteiger charge is 2.19. The molecule has 2 heterocycles. The van der Waals surface area contributed by atoms with E-state index in [4.69, 9.17) is 11.6 Å². The molecule has 3 N–H and O–H groups in total. The molecule has 2 amide bonds. The number of amides is 2. The number of benzene rings is 1. The smallest absolute Gasteiger partial charge is 0.314 e. The summed E-state index contributed by atoms with van der Waals surface area (Å²) in [5.74, 6) is -1.36. The average molecular weight is 429 g/mol. The molecule has 0 fully saturated rings. The van der Waals surface area contributed by atoms with Crippen molar-refractivity contribution in [2.24, 2.45) is 0 Å². The normalized spacial score (nSPS) is 10.7. The lowest BCUT2D eigenvalue weighted by Crippen LogP contribution is -2.35. The first-order valence-corrected chi connectivity index (χ1v) is 9.67. The Labute approximate surface area is 177 Å². The Morgan fingerprint density at radius 1 is 1.20 bits per heavy atom. The summed E-state index contributed by atoms with van der Waals surface area (Å²) < 4.78 is 1.28. The van der Waals surface area contributed by atoms with Crippen LogP contribution in [0.4, 0.5) is 5.82 Å². The maximum atomic E-state index is 12.4. The van der Waals surface area contributed by atoms with E-state index in [2.05, 4.69) is 25.7 Å². The monoisotopic (exact) mass is 428 g/mol. The molecule has 0 aliphatic carbocycles. The Hall–Kier alpha value is -3.46. The standard InChI is InChI=1S/C20H21ClN6O3/c1-4-14-12(3)23-20(25-17(14)28)27-16(9-11(2)26-27)24-19(30)18(29)22-10-13-7-5-6-8-15(13)21/h5-9H,4,10H2,1-3H3,(H,22,29)(H,24,30)(H,23,25,28). The molecule has 0 aliphatic heterocycles. The number of aromatic nitrogens is 4. The Morgan fingerprint density at radius 3 is 2.60 bits per heavy atom. The van der Waals surface area contributed by atoms with E-state index in [1.807, 2.05) is 6.92 Å². The molecule has 1 aromatic carbocycles. The van der Waals surface area contributed by atoms with Gasteiger partial charge in [-0.15, -0.1) is 0 Å². The molecule has 0 bridgehead atoms. The fourth-order valence-corrected chi connectivity index (χ4v) is 3.14. The van der Waals surface area contributed by atoms with Gasteiger partial charge in [0.05, 0.1) is 5.69 Å². The van der Waals surface area contributed by atoms with Gasteiger partial charge in [0, 0.05) is 28.9 Å². The summed E-state index contributed by atoms with van der Waals surface area (Å²) in [5.41, 5.74) is 2.13. The topological polar surface area (TPSA) is 122 Å². The van der Waals surface area contributed by atoms with Crippen LogP contribution in [0, 0.1) is 13.8 Å². The Bertz CT molecular complexity index is 1170. The predicted octanol–water partition coefficient (Wildman–Crippen LogP) is 2.04. The first-order chi connectivity index (χ1) is 14.3. The van der Waals surface area contributed by atoms with E-state index in [1.54, 1.807) is 44.2 Å². The SMILES string of the molecule is CCc1c(C)nc(-n2nc(C)cc2NC(=O)C(=O)NCc2ccccc2Cl)[nH]c1=O. The molecule has 0 spiro atoms. The maximum absolute atomic E-state index is 12.4. The van der Waals surface area contributed by atoms with E-state index in [-0.39, 0.29) is 23.9 Å². The highest BCUT2D eigenvalue weighted by Crippen LogP contribution is 2.16. The number of nitrogens with one attached hydrogen (secondary N) is 3. The summed E-state index contributed by atoms with van der Waals surface area (Å²) in [4.78, 5) is 43.9. The quantitative estimate of drug-likeness (QED) is 0.537. The zero-order valence-electron chi connectivity index (χ0n) is 16.7. The molecule has 2 aromatic heterocycles. The Balaban J connectivity index is 1.78. The van der Waals surface area contributed by atoms with E-state index in [0.29, 0.717) is 34.0 Å². The molecular formula is C20H21ClN6O3. The number of H-pyrrole nitrogens is 1. The van der Waals surface area contributed by atoms with E-state index >= 15 is 0 Å². The minimum atomic E-state index is -0.882. The molecule has 0 saturated heterocycles. The number of nitrogens with zero attached hydrogens (tertiary/aromatic N) is 3. The van der Waals surface area contributed by atoms with Crippen LogP contribution in [0.2, 0.25) is 5.02 Å². The highest BCUT2D eigenvalue weighted by molar-refractivity contribution is 6.39. The van der Waals surface area contributed by atoms with Crippen LogP contribution in [0.1, 0.15) is 29.4 Å². The molecule has 0 unspecified atom stereocenters. The van der Waals surface area contributed by atoms with Crippen molar-refractivity contribution in [2.75, 3.05) is 5.32 Å². The van der Waals surface area contributed by atoms with Crippen LogP contribution in [-0.4, -0.2) is 31.6 Å². The van der Waals surface area contributed by atoms with E-state index in [0.717, 1.165) is 0 Å². The number of carbonyl (C=O) groups excluding carboxylic acids is 2. The second kappa shape index (κ2) is 8.91. The van der Waals surface area contributed by atoms with Gasteiger partial charge in [0.2, 0.25) is 5.95 Å². The van der Waals surface area contributed by atoms with Crippen molar-refractivity contribution in [1.82, 2.24) is 25.1 Å². The molecule has 156 valence electrons. The van der Waals surface area contributed by atoms with E-state index in [9.17, 15) is 14.4 Å². The molecule has 9 nitrogen and oxygen atoms in total. The van der Waals surface area contributed by atoms with Gasteiger partial charge in [0.25, 0.3) is 5.56 Å². The van der Waals surface area contributed by atoms with Crippen LogP contribution in [0.5, 0.6) is 0 Å². The number of carbonyl (C=O) groups is 2. The number of hydrogen-bond acceptors (Lipinski definition) is 5. The summed E-state index contributed by atoms with van der Waals surface area (Å²) in [5, 5.41) is 9.77. The number of halogens is 1. The van der Waals surface area contributed by atoms with Crippen LogP contribution >= 0.6 is 11.6 Å². The number of hydrogen-bond donors (Lipinski definition) is 3. The van der Waals surface area contributed by atoms with Crippen molar-refractivity contribution < 1.29 is 9.59 Å². The minimum absolute atomic E-state index is 0.108. The molecule has 3 rings (SSSR count). The first kappa shape index (κ1) is 21.3. The van der Waals surface area contributed by atoms with Crippen molar-refractivity contribution >= 4 is 29.2 Å². The fraction of sp³-hybridized carbons (Fsp3) is 0.250. The number of aromatic amines is 1. The van der Waals surface area contributed by atoms with Gasteiger partial charge in [0.15, 0.2) is 0 Å². The van der Waals surface area contributed by atoms with Crippen LogP contribution in [0.25, 0.3) is 5.95 Å². The Morgan fingerprint density at radius 2 is 1.93 bits per heavy atom. The molecule has 0 aliphatic rings. The van der Waals surface area contributed by atoms with Crippen molar-refractivity contribution in [2.45, 2.75) is 33.7 Å². The molecule has 0 saturated carbocycles. The van der Waals surface area contributed by atoms with Gasteiger partial charge in [-0.25, -0.2) is 4.98 Å². The van der Waals surface area contributed by atoms with Gasteiger partial charge in [0.1, 0.15) is 5.82 Å². The third-order valence-corrected chi connectivity index (χ3v) is 4.81. The van der Waals surface area contributed by atoms with E-state index in [1.165, 1.54) is 4.68 Å². The van der Waals surface area contributed by atoms with Crippen molar-refractivity contribution in [3.8, 4) is 5.95 Å². The van der Waals surface area contributed by atoms with Crippen LogP contribution in [0.3, 0.4) is 0 Å². The number of anilines is 1. The summed E-state index contributed by atoms with van der Waals surface area (Å²) in [7, 11) is 0. The molecule has 0 atom stereocenters. The lowest BCUT2D eigenvalue weighted by Gasteiger charge is -2.10. The van der Waals surface area contributed by atoms with Gasteiger partial charge in [-0.1, -0.05) is 36.7 Å². The molecule has 3 aromatic rings. The van der Waals surface area contributed by atoms with Gasteiger partial charge >= 0.3 is 11.8 Å². The zero-order valence-corrected chi connectivity index (χ0v) is 17.5. The first-order valence-electron chi connectivity index (χ1n) is 9.29. The van der Waals surface area contributed by atoms with Gasteiger partial charge in [-0.2, -0.15) is 9.78 Å². The highest BCUT2D eigenvalue weighted by atomic mass is 35.5. The average Bonchev–Trinajstić information content (AvgIpc) is 3.07. The number of aryl methyl sites for hydroxylation is 2.